The van der Waals surface area contributed by atoms with E-state index in [1.54, 1.807) is 6.20 Å². The molecule has 0 radical (unpaired) electrons. The van der Waals surface area contributed by atoms with E-state index in [2.05, 4.69) is 22.0 Å². The molecule has 0 saturated carbocycles. The third-order valence-electron chi connectivity index (χ3n) is 6.96. The Bertz CT molecular complexity index is 1220. The van der Waals surface area contributed by atoms with Crippen LogP contribution in [0, 0.1) is 0 Å². The van der Waals surface area contributed by atoms with Crippen LogP contribution < -0.4 is 14.9 Å². The Balaban J connectivity index is 1.37. The number of benzene rings is 2. The van der Waals surface area contributed by atoms with E-state index >= 15 is 0 Å². The molecule has 0 bridgehead atoms. The van der Waals surface area contributed by atoms with Gasteiger partial charge in [-0.2, -0.15) is 5.10 Å². The van der Waals surface area contributed by atoms with Crippen molar-refractivity contribution in [1.82, 2.24) is 14.5 Å². The number of aromatic nitrogens is 2. The molecule has 1 fully saturated rings. The first kappa shape index (κ1) is 28.7. The number of hydrogen-bond acceptors (Lipinski definition) is 6. The maximum atomic E-state index is 12.4. The first-order valence-electron chi connectivity index (χ1n) is 13.1. The molecule has 3 aromatic rings. The van der Waals surface area contributed by atoms with Crippen molar-refractivity contribution in [1.29, 1.82) is 0 Å². The Hall–Kier alpha value is -2.30. The summed E-state index contributed by atoms with van der Waals surface area (Å²) in [5.74, 6) is 1.53. The van der Waals surface area contributed by atoms with Crippen LogP contribution in [0.1, 0.15) is 66.5 Å². The first-order valence-corrected chi connectivity index (χ1v) is 14.3. The van der Waals surface area contributed by atoms with Crippen LogP contribution in [0.25, 0.3) is 0 Å². The highest BCUT2D eigenvalue weighted by molar-refractivity contribution is 7.90. The first-order chi connectivity index (χ1) is 17.7. The van der Waals surface area contributed by atoms with E-state index in [-0.39, 0.29) is 22.0 Å². The summed E-state index contributed by atoms with van der Waals surface area (Å²) in [5, 5.41) is 4.53. The van der Waals surface area contributed by atoms with Gasteiger partial charge in [-0.3, -0.25) is 4.68 Å². The molecule has 9 heteroatoms. The predicted octanol–water partition coefficient (Wildman–Crippen LogP) is 5.01. The van der Waals surface area contributed by atoms with Gasteiger partial charge in [0.25, 0.3) is 0 Å². The minimum atomic E-state index is -1.11. The van der Waals surface area contributed by atoms with Crippen LogP contribution in [0.3, 0.4) is 0 Å². The second-order valence-electron chi connectivity index (χ2n) is 12.1. The minimum absolute atomic E-state index is 0.0739. The maximum Gasteiger partial charge on any atom is 0.498 e. The Morgan fingerprint density at radius 3 is 2.21 bits per heavy atom. The standard InChI is InChI=1S/C29H40BN3O4S/c1-21(32-38(34)27(2,3)4)15-22-11-9-13-25(16-22)35-26-14-10-12-23(17-26)19-33-20-24(18-31-33)30-36-28(5,6)29(7,8)37-30/h9-14,16-18,20-21,32H,15,19H2,1-8H3/t21?,38-/m0/s1. The molecular formula is C29H40BN3O4S. The summed E-state index contributed by atoms with van der Waals surface area (Å²) in [6, 6.07) is 16.1. The molecule has 1 N–H and O–H groups in total. The highest BCUT2D eigenvalue weighted by Crippen LogP contribution is 2.36. The van der Waals surface area contributed by atoms with Crippen molar-refractivity contribution in [3.05, 3.63) is 72.1 Å². The molecule has 1 unspecified atom stereocenters. The van der Waals surface area contributed by atoms with Crippen molar-refractivity contribution in [3.63, 3.8) is 0 Å². The van der Waals surface area contributed by atoms with Crippen molar-refractivity contribution in [3.8, 4) is 11.5 Å². The monoisotopic (exact) mass is 537 g/mol. The summed E-state index contributed by atoms with van der Waals surface area (Å²) in [5.41, 5.74) is 2.33. The molecule has 2 atom stereocenters. The quantitative estimate of drug-likeness (QED) is 0.306. The molecule has 204 valence electrons. The second-order valence-corrected chi connectivity index (χ2v) is 14.1. The van der Waals surface area contributed by atoms with E-state index in [0.29, 0.717) is 6.54 Å². The SMILES string of the molecule is CC(Cc1cccc(Oc2cccc(Cn3cc(B4OC(C)(C)C(C)(C)O4)cn3)c2)c1)N[S@@+]([O-])C(C)(C)C. The van der Waals surface area contributed by atoms with Gasteiger partial charge in [0.15, 0.2) is 0 Å². The highest BCUT2D eigenvalue weighted by atomic mass is 32.2. The normalized spacial score (nSPS) is 18.4. The fraction of sp³-hybridized carbons (Fsp3) is 0.483. The van der Waals surface area contributed by atoms with Gasteiger partial charge in [0.1, 0.15) is 16.2 Å². The van der Waals surface area contributed by atoms with Gasteiger partial charge in [-0.05, 0) is 97.2 Å². The van der Waals surface area contributed by atoms with Crippen LogP contribution >= 0.6 is 0 Å². The summed E-state index contributed by atoms with van der Waals surface area (Å²) in [7, 11) is -0.429. The third kappa shape index (κ3) is 7.01. The van der Waals surface area contributed by atoms with Gasteiger partial charge in [0, 0.05) is 29.2 Å². The van der Waals surface area contributed by atoms with Crippen LogP contribution in [0.4, 0.5) is 0 Å². The highest BCUT2D eigenvalue weighted by Gasteiger charge is 2.52. The van der Waals surface area contributed by atoms with Gasteiger partial charge in [-0.15, -0.1) is 4.72 Å². The Morgan fingerprint density at radius 2 is 1.61 bits per heavy atom. The molecule has 0 spiro atoms. The lowest BCUT2D eigenvalue weighted by atomic mass is 9.82. The summed E-state index contributed by atoms with van der Waals surface area (Å²) in [6.45, 7) is 16.7. The molecule has 7 nitrogen and oxygen atoms in total. The van der Waals surface area contributed by atoms with Gasteiger partial charge in [0.05, 0.1) is 23.8 Å². The number of nitrogens with one attached hydrogen (secondary N) is 1. The molecule has 2 heterocycles. The molecule has 4 rings (SSSR count). The molecule has 1 aliphatic heterocycles. The Kier molecular flexibility index (Phi) is 8.36. The van der Waals surface area contributed by atoms with Crippen LogP contribution in [0.5, 0.6) is 11.5 Å². The number of ether oxygens (including phenoxy) is 1. The van der Waals surface area contributed by atoms with Crippen molar-refractivity contribution in [2.45, 2.75) is 90.3 Å². The Morgan fingerprint density at radius 1 is 1.03 bits per heavy atom. The number of hydrogen-bond donors (Lipinski definition) is 1. The smallest absolute Gasteiger partial charge is 0.498 e. The maximum absolute atomic E-state index is 12.4. The fourth-order valence-corrected chi connectivity index (χ4v) is 4.89. The molecular weight excluding hydrogens is 497 g/mol. The van der Waals surface area contributed by atoms with Gasteiger partial charge in [-0.25, -0.2) is 0 Å². The lowest BCUT2D eigenvalue weighted by Gasteiger charge is -2.32. The van der Waals surface area contributed by atoms with Gasteiger partial charge in [0.2, 0.25) is 0 Å². The van der Waals surface area contributed by atoms with Crippen molar-refractivity contribution in [2.24, 2.45) is 0 Å². The molecule has 0 amide bonds. The van der Waals surface area contributed by atoms with Crippen LogP contribution in [-0.2, 0) is 33.6 Å². The summed E-state index contributed by atoms with van der Waals surface area (Å²) >= 11 is -1.11. The summed E-state index contributed by atoms with van der Waals surface area (Å²) < 4.78 is 35.7. The molecule has 38 heavy (non-hydrogen) atoms. The van der Waals surface area contributed by atoms with Gasteiger partial charge >= 0.3 is 7.12 Å². The van der Waals surface area contributed by atoms with Gasteiger partial charge in [-0.1, -0.05) is 24.3 Å². The van der Waals surface area contributed by atoms with E-state index in [4.69, 9.17) is 14.0 Å². The number of nitrogens with zero attached hydrogens (tertiary/aromatic N) is 2. The molecule has 1 aromatic heterocycles. The zero-order valence-corrected chi connectivity index (χ0v) is 24.6. The van der Waals surface area contributed by atoms with Gasteiger partial charge < -0.3 is 18.6 Å². The topological polar surface area (TPSA) is 80.6 Å². The molecule has 0 aliphatic carbocycles. The van der Waals surface area contributed by atoms with Crippen molar-refractivity contribution < 1.29 is 18.6 Å². The lowest BCUT2D eigenvalue weighted by Crippen LogP contribution is -2.44. The van der Waals surface area contributed by atoms with E-state index in [1.165, 1.54) is 0 Å². The third-order valence-corrected chi connectivity index (χ3v) is 8.69. The molecule has 1 aliphatic rings. The van der Waals surface area contributed by atoms with Crippen molar-refractivity contribution in [2.75, 3.05) is 0 Å². The Labute approximate surface area is 230 Å². The fourth-order valence-electron chi connectivity index (χ4n) is 4.09. The van der Waals surface area contributed by atoms with E-state index < -0.39 is 18.5 Å². The van der Waals surface area contributed by atoms with E-state index in [0.717, 1.165) is 34.5 Å². The van der Waals surface area contributed by atoms with E-state index in [9.17, 15) is 4.55 Å². The van der Waals surface area contributed by atoms with Crippen LogP contribution in [0.2, 0.25) is 0 Å². The zero-order chi connectivity index (χ0) is 27.7. The summed E-state index contributed by atoms with van der Waals surface area (Å²) in [6.07, 6.45) is 4.53. The largest absolute Gasteiger partial charge is 0.598 e. The van der Waals surface area contributed by atoms with Crippen LogP contribution in [0.15, 0.2) is 60.9 Å². The van der Waals surface area contributed by atoms with E-state index in [1.807, 2.05) is 103 Å². The molecule has 1 saturated heterocycles. The zero-order valence-electron chi connectivity index (χ0n) is 23.8. The average molecular weight is 538 g/mol. The van der Waals surface area contributed by atoms with Crippen molar-refractivity contribution >= 4 is 23.9 Å². The summed E-state index contributed by atoms with van der Waals surface area (Å²) in [4.78, 5) is 0. The second kappa shape index (κ2) is 11.1. The van der Waals surface area contributed by atoms with Crippen LogP contribution in [-0.4, -0.2) is 43.4 Å². The number of rotatable bonds is 9. The predicted molar refractivity (Wildman–Crippen MR) is 154 cm³/mol. The lowest BCUT2D eigenvalue weighted by molar-refractivity contribution is 0.00578. The average Bonchev–Trinajstić information content (AvgIpc) is 3.34. The molecule has 2 aromatic carbocycles. The minimum Gasteiger partial charge on any atom is -0.598 e.